The fourth-order valence-electron chi connectivity index (χ4n) is 2.15. The van der Waals surface area contributed by atoms with Crippen molar-refractivity contribution in [3.63, 3.8) is 0 Å². The van der Waals surface area contributed by atoms with E-state index in [2.05, 4.69) is 15.5 Å². The number of aromatic amines is 1. The Bertz CT molecular complexity index is 630. The summed E-state index contributed by atoms with van der Waals surface area (Å²) in [4.78, 5) is 11.9. The number of methoxy groups -OCH3 is 1. The van der Waals surface area contributed by atoms with Gasteiger partial charge in [0.2, 0.25) is 5.91 Å². The molecule has 0 fully saturated rings. The molecule has 2 N–H and O–H groups in total. The molecule has 1 aromatic carbocycles. The highest BCUT2D eigenvalue weighted by Crippen LogP contribution is 2.21. The second kappa shape index (κ2) is 7.11. The number of nitrogens with zero attached hydrogens (tertiary/aromatic N) is 1. The van der Waals surface area contributed by atoms with Crippen molar-refractivity contribution in [2.75, 3.05) is 12.4 Å². The number of amides is 1. The van der Waals surface area contributed by atoms with Crippen LogP contribution < -0.4 is 10.1 Å². The molecule has 5 nitrogen and oxygen atoms in total. The van der Waals surface area contributed by atoms with Gasteiger partial charge in [-0.1, -0.05) is 26.0 Å². The summed E-state index contributed by atoms with van der Waals surface area (Å²) in [6.07, 6.45) is 1.63. The van der Waals surface area contributed by atoms with Gasteiger partial charge in [0, 0.05) is 5.92 Å². The molecule has 0 aliphatic carbocycles. The number of hydrogen-bond acceptors (Lipinski definition) is 3. The summed E-state index contributed by atoms with van der Waals surface area (Å²) in [6.45, 7) is 5.67. The third-order valence-electron chi connectivity index (χ3n) is 3.60. The van der Waals surface area contributed by atoms with E-state index in [0.717, 1.165) is 35.7 Å². The van der Waals surface area contributed by atoms with Crippen LogP contribution in [0.2, 0.25) is 0 Å². The van der Waals surface area contributed by atoms with Gasteiger partial charge in [0.15, 0.2) is 0 Å². The van der Waals surface area contributed by atoms with Crippen molar-refractivity contribution in [2.45, 2.75) is 33.6 Å². The summed E-state index contributed by atoms with van der Waals surface area (Å²) < 4.78 is 5.16. The van der Waals surface area contributed by atoms with Crippen LogP contribution in [0.5, 0.6) is 5.75 Å². The molecule has 0 spiro atoms. The summed E-state index contributed by atoms with van der Waals surface area (Å²) in [5.41, 5.74) is 3.80. The Morgan fingerprint density at radius 1 is 1.27 bits per heavy atom. The number of hydrogen-bond donors (Lipinski definition) is 2. The van der Waals surface area contributed by atoms with E-state index < -0.39 is 0 Å². The van der Waals surface area contributed by atoms with E-state index in [-0.39, 0.29) is 11.8 Å². The Morgan fingerprint density at radius 2 is 1.95 bits per heavy atom. The maximum atomic E-state index is 11.9. The highest BCUT2D eigenvalue weighted by molar-refractivity contribution is 5.93. The molecule has 5 heteroatoms. The van der Waals surface area contributed by atoms with Crippen LogP contribution in [0.3, 0.4) is 0 Å². The van der Waals surface area contributed by atoms with Crippen LogP contribution in [0.25, 0.3) is 0 Å². The van der Waals surface area contributed by atoms with Gasteiger partial charge in [0.25, 0.3) is 0 Å². The van der Waals surface area contributed by atoms with Crippen LogP contribution in [0.4, 0.5) is 5.69 Å². The molecule has 2 aromatic rings. The number of ether oxygens (including phenoxy) is 1. The maximum Gasteiger partial charge on any atom is 0.227 e. The number of rotatable bonds is 6. The molecule has 0 bridgehead atoms. The van der Waals surface area contributed by atoms with Crippen molar-refractivity contribution in [1.29, 1.82) is 0 Å². The smallest absolute Gasteiger partial charge is 0.227 e. The van der Waals surface area contributed by atoms with Crippen molar-refractivity contribution in [1.82, 2.24) is 10.2 Å². The van der Waals surface area contributed by atoms with E-state index in [9.17, 15) is 4.79 Å². The minimum atomic E-state index is -0.0521. The number of anilines is 1. The minimum absolute atomic E-state index is 0.00944. The Balaban J connectivity index is 2.04. The predicted molar refractivity (Wildman–Crippen MR) is 87.2 cm³/mol. The van der Waals surface area contributed by atoms with Crippen molar-refractivity contribution >= 4 is 11.6 Å². The number of aromatic nitrogens is 2. The van der Waals surface area contributed by atoms with E-state index in [0.29, 0.717) is 0 Å². The number of carbonyl (C=O) groups excluding carboxylic acids is 1. The molecule has 1 aromatic heterocycles. The summed E-state index contributed by atoms with van der Waals surface area (Å²) in [7, 11) is 1.66. The first kappa shape index (κ1) is 16.1. The van der Waals surface area contributed by atoms with Gasteiger partial charge < -0.3 is 10.1 Å². The summed E-state index contributed by atoms with van der Waals surface area (Å²) in [6, 6.07) is 7.99. The summed E-state index contributed by atoms with van der Waals surface area (Å²) >= 11 is 0. The second-order valence-electron chi connectivity index (χ2n) is 5.66. The first-order chi connectivity index (χ1) is 10.5. The number of nitrogens with one attached hydrogen (secondary N) is 2. The van der Waals surface area contributed by atoms with E-state index in [4.69, 9.17) is 4.74 Å². The first-order valence-electron chi connectivity index (χ1n) is 7.49. The molecule has 0 unspecified atom stereocenters. The Morgan fingerprint density at radius 3 is 2.55 bits per heavy atom. The Hall–Kier alpha value is -2.30. The lowest BCUT2D eigenvalue weighted by Gasteiger charge is -2.09. The van der Waals surface area contributed by atoms with Gasteiger partial charge in [-0.25, -0.2) is 0 Å². The van der Waals surface area contributed by atoms with Gasteiger partial charge >= 0.3 is 0 Å². The van der Waals surface area contributed by atoms with E-state index in [1.165, 1.54) is 5.56 Å². The van der Waals surface area contributed by atoms with Gasteiger partial charge in [-0.15, -0.1) is 0 Å². The second-order valence-corrected chi connectivity index (χ2v) is 5.66. The maximum absolute atomic E-state index is 11.9. The number of H-pyrrole nitrogens is 1. The van der Waals surface area contributed by atoms with Gasteiger partial charge in [0.05, 0.1) is 24.2 Å². The van der Waals surface area contributed by atoms with Crippen molar-refractivity contribution in [2.24, 2.45) is 5.92 Å². The monoisotopic (exact) mass is 301 g/mol. The highest BCUT2D eigenvalue weighted by Gasteiger charge is 2.15. The molecular weight excluding hydrogens is 278 g/mol. The zero-order valence-electron chi connectivity index (χ0n) is 13.6. The predicted octanol–water partition coefficient (Wildman–Crippen LogP) is 3.11. The quantitative estimate of drug-likeness (QED) is 0.861. The first-order valence-corrected chi connectivity index (χ1v) is 7.49. The number of aryl methyl sites for hydroxylation is 3. The molecule has 118 valence electrons. The lowest BCUT2D eigenvalue weighted by Crippen LogP contribution is -2.19. The normalized spacial score (nSPS) is 10.8. The summed E-state index contributed by atoms with van der Waals surface area (Å²) in [5, 5.41) is 10.2. The fourth-order valence-corrected chi connectivity index (χ4v) is 2.15. The molecule has 2 rings (SSSR count). The molecule has 1 heterocycles. The van der Waals surface area contributed by atoms with Crippen LogP contribution in [-0.2, 0) is 17.6 Å². The average Bonchev–Trinajstić information content (AvgIpc) is 2.86. The fraction of sp³-hybridized carbons (Fsp3) is 0.412. The van der Waals surface area contributed by atoms with Crippen LogP contribution in [0.15, 0.2) is 24.3 Å². The molecule has 0 saturated heterocycles. The van der Waals surface area contributed by atoms with Crippen LogP contribution in [-0.4, -0.2) is 23.2 Å². The Labute approximate surface area is 131 Å². The minimum Gasteiger partial charge on any atom is -0.497 e. The van der Waals surface area contributed by atoms with Gasteiger partial charge in [-0.05, 0) is 37.5 Å². The van der Waals surface area contributed by atoms with Gasteiger partial charge in [-0.3, -0.25) is 9.89 Å². The third kappa shape index (κ3) is 3.87. The molecule has 0 atom stereocenters. The standard InChI is InChI=1S/C17H23N3O2/c1-11(2)17(21)18-16-12(3)19-20-15(16)10-7-13-5-8-14(22-4)9-6-13/h5-6,8-9,11H,7,10H2,1-4H3,(H,18,21)(H,19,20). The molecule has 0 aliphatic rings. The third-order valence-corrected chi connectivity index (χ3v) is 3.60. The SMILES string of the molecule is COc1ccc(CCc2n[nH]c(C)c2NC(=O)C(C)C)cc1. The lowest BCUT2D eigenvalue weighted by molar-refractivity contribution is -0.118. The topological polar surface area (TPSA) is 67.0 Å². The molecule has 0 saturated carbocycles. The highest BCUT2D eigenvalue weighted by atomic mass is 16.5. The van der Waals surface area contributed by atoms with Crippen LogP contribution >= 0.6 is 0 Å². The van der Waals surface area contributed by atoms with Crippen molar-refractivity contribution in [3.8, 4) is 5.75 Å². The number of carbonyl (C=O) groups is 1. The molecule has 22 heavy (non-hydrogen) atoms. The van der Waals surface area contributed by atoms with E-state index in [1.807, 2.05) is 45.0 Å². The zero-order chi connectivity index (χ0) is 16.1. The van der Waals surface area contributed by atoms with Gasteiger partial charge in [0.1, 0.15) is 5.75 Å². The van der Waals surface area contributed by atoms with E-state index in [1.54, 1.807) is 7.11 Å². The molecular formula is C17H23N3O2. The Kier molecular flexibility index (Phi) is 5.20. The largest absolute Gasteiger partial charge is 0.497 e. The molecule has 1 amide bonds. The summed E-state index contributed by atoms with van der Waals surface area (Å²) in [5.74, 6) is 0.809. The van der Waals surface area contributed by atoms with Crippen LogP contribution in [0.1, 0.15) is 30.8 Å². The molecule has 0 aliphatic heterocycles. The number of benzene rings is 1. The van der Waals surface area contributed by atoms with Crippen molar-refractivity contribution in [3.05, 3.63) is 41.2 Å². The van der Waals surface area contributed by atoms with E-state index >= 15 is 0 Å². The molecule has 0 radical (unpaired) electrons. The lowest BCUT2D eigenvalue weighted by atomic mass is 10.1. The van der Waals surface area contributed by atoms with Gasteiger partial charge in [-0.2, -0.15) is 5.10 Å². The average molecular weight is 301 g/mol. The zero-order valence-corrected chi connectivity index (χ0v) is 13.6. The van der Waals surface area contributed by atoms with Crippen molar-refractivity contribution < 1.29 is 9.53 Å². The van der Waals surface area contributed by atoms with Crippen LogP contribution in [0, 0.1) is 12.8 Å².